The lowest BCUT2D eigenvalue weighted by atomic mass is 10.2. The van der Waals surface area contributed by atoms with Gasteiger partial charge in [-0.1, -0.05) is 18.2 Å². The molecule has 0 unspecified atom stereocenters. The van der Waals surface area contributed by atoms with Crippen LogP contribution in [0, 0.1) is 11.6 Å². The first kappa shape index (κ1) is 13.8. The van der Waals surface area contributed by atoms with Crippen molar-refractivity contribution in [1.29, 1.82) is 0 Å². The predicted octanol–water partition coefficient (Wildman–Crippen LogP) is 4.69. The summed E-state index contributed by atoms with van der Waals surface area (Å²) in [6, 6.07) is 12.3. The van der Waals surface area contributed by atoms with Crippen molar-refractivity contribution in [1.82, 2.24) is 0 Å². The Hall–Kier alpha value is -2.14. The van der Waals surface area contributed by atoms with Crippen molar-refractivity contribution in [2.45, 2.75) is 4.90 Å². The summed E-state index contributed by atoms with van der Waals surface area (Å²) < 4.78 is 31.7. The van der Waals surface area contributed by atoms with Gasteiger partial charge in [-0.25, -0.2) is 8.78 Å². The van der Waals surface area contributed by atoms with E-state index in [0.717, 1.165) is 29.3 Å². The van der Waals surface area contributed by atoms with Crippen molar-refractivity contribution < 1.29 is 18.0 Å². The largest absolute Gasteiger partial charge is 0.453 e. The number of Topliss-reactive ketones (excluding diaryl/α,β-unsaturated/α-hetero) is 1. The summed E-state index contributed by atoms with van der Waals surface area (Å²) in [5.74, 6) is -1.27. The van der Waals surface area contributed by atoms with Gasteiger partial charge in [0, 0.05) is 16.3 Å². The molecule has 0 amide bonds. The summed E-state index contributed by atoms with van der Waals surface area (Å²) in [4.78, 5) is 12.3. The third-order valence-electron chi connectivity index (χ3n) is 2.95. The van der Waals surface area contributed by atoms with Gasteiger partial charge >= 0.3 is 0 Å². The van der Waals surface area contributed by atoms with Crippen LogP contribution in [0.2, 0.25) is 0 Å². The second-order valence-electron chi connectivity index (χ2n) is 4.44. The van der Waals surface area contributed by atoms with Crippen molar-refractivity contribution in [2.24, 2.45) is 0 Å². The molecule has 0 bridgehead atoms. The molecule has 0 saturated carbocycles. The van der Waals surface area contributed by atoms with Crippen LogP contribution in [0.3, 0.4) is 0 Å². The number of fused-ring (bicyclic) bond motifs is 1. The number of rotatable bonds is 4. The summed E-state index contributed by atoms with van der Waals surface area (Å²) in [6.45, 7) is 0. The summed E-state index contributed by atoms with van der Waals surface area (Å²) in [5.41, 5.74) is 0.638. The van der Waals surface area contributed by atoms with E-state index in [-0.39, 0.29) is 22.2 Å². The fourth-order valence-electron chi connectivity index (χ4n) is 1.93. The van der Waals surface area contributed by atoms with Crippen LogP contribution >= 0.6 is 11.8 Å². The monoisotopic (exact) mass is 304 g/mol. The highest BCUT2D eigenvalue weighted by Crippen LogP contribution is 2.25. The van der Waals surface area contributed by atoms with E-state index in [1.165, 1.54) is 6.07 Å². The number of hydrogen-bond acceptors (Lipinski definition) is 3. The van der Waals surface area contributed by atoms with Crippen molar-refractivity contribution in [3.8, 4) is 0 Å². The third-order valence-corrected chi connectivity index (χ3v) is 4.00. The molecule has 2 nitrogen and oxygen atoms in total. The first-order valence-electron chi connectivity index (χ1n) is 6.23. The minimum atomic E-state index is -0.669. The Morgan fingerprint density at radius 3 is 2.67 bits per heavy atom. The summed E-state index contributed by atoms with van der Waals surface area (Å²) >= 11 is 1.02. The summed E-state index contributed by atoms with van der Waals surface area (Å²) in [6.07, 6.45) is 0. The molecular weight excluding hydrogens is 294 g/mol. The van der Waals surface area contributed by atoms with Crippen LogP contribution in [-0.2, 0) is 0 Å². The van der Waals surface area contributed by atoms with Gasteiger partial charge in [-0.15, -0.1) is 11.8 Å². The molecule has 0 aliphatic heterocycles. The van der Waals surface area contributed by atoms with Crippen molar-refractivity contribution in [3.05, 3.63) is 65.9 Å². The van der Waals surface area contributed by atoms with Gasteiger partial charge in [-0.05, 0) is 24.3 Å². The van der Waals surface area contributed by atoms with Crippen molar-refractivity contribution >= 4 is 28.5 Å². The van der Waals surface area contributed by atoms with E-state index in [9.17, 15) is 13.6 Å². The third kappa shape index (κ3) is 2.97. The van der Waals surface area contributed by atoms with E-state index in [4.69, 9.17) is 4.42 Å². The number of halogens is 2. The van der Waals surface area contributed by atoms with Crippen LogP contribution in [0.1, 0.15) is 10.6 Å². The average molecular weight is 304 g/mol. The first-order chi connectivity index (χ1) is 10.1. The van der Waals surface area contributed by atoms with E-state index < -0.39 is 11.6 Å². The van der Waals surface area contributed by atoms with Gasteiger partial charge in [0.15, 0.2) is 5.76 Å². The van der Waals surface area contributed by atoms with E-state index in [2.05, 4.69) is 0 Å². The highest BCUT2D eigenvalue weighted by Gasteiger charge is 2.14. The maximum atomic E-state index is 13.5. The van der Waals surface area contributed by atoms with Gasteiger partial charge in [-0.3, -0.25) is 4.79 Å². The molecule has 0 N–H and O–H groups in total. The van der Waals surface area contributed by atoms with E-state index >= 15 is 0 Å². The predicted molar refractivity (Wildman–Crippen MR) is 77.6 cm³/mol. The van der Waals surface area contributed by atoms with Gasteiger partial charge in [0.05, 0.1) is 5.75 Å². The fourth-order valence-corrected chi connectivity index (χ4v) is 2.72. The number of thioether (sulfide) groups is 1. The molecule has 1 heterocycles. The normalized spacial score (nSPS) is 11.0. The van der Waals surface area contributed by atoms with Crippen LogP contribution in [0.15, 0.2) is 57.8 Å². The molecule has 0 saturated heterocycles. The molecule has 21 heavy (non-hydrogen) atoms. The number of para-hydroxylation sites is 1. The Balaban J connectivity index is 1.74. The molecule has 5 heteroatoms. The van der Waals surface area contributed by atoms with Gasteiger partial charge in [-0.2, -0.15) is 0 Å². The van der Waals surface area contributed by atoms with E-state index in [1.54, 1.807) is 12.1 Å². The molecule has 0 spiro atoms. The fraction of sp³-hybridized carbons (Fsp3) is 0.0625. The van der Waals surface area contributed by atoms with E-state index in [1.807, 2.05) is 18.2 Å². The van der Waals surface area contributed by atoms with Crippen molar-refractivity contribution in [2.75, 3.05) is 5.75 Å². The number of carbonyl (C=O) groups excluding carboxylic acids is 1. The Labute approximate surface area is 123 Å². The molecule has 1 aromatic heterocycles. The lowest BCUT2D eigenvalue weighted by molar-refractivity contribution is 0.0994. The molecule has 3 aromatic rings. The standard InChI is InChI=1S/C16H10F2O2S/c17-11-5-6-16(12(18)8-11)21-9-13(19)15-7-10-3-1-2-4-14(10)20-15/h1-8H,9H2. The minimum Gasteiger partial charge on any atom is -0.453 e. The zero-order valence-electron chi connectivity index (χ0n) is 10.8. The zero-order valence-corrected chi connectivity index (χ0v) is 11.6. The van der Waals surface area contributed by atoms with Crippen LogP contribution in [0.5, 0.6) is 0 Å². The lowest BCUT2D eigenvalue weighted by Gasteiger charge is -2.01. The Bertz CT molecular complexity index is 778. The van der Waals surface area contributed by atoms with Gasteiger partial charge in [0.2, 0.25) is 5.78 Å². The average Bonchev–Trinajstić information content (AvgIpc) is 2.90. The quantitative estimate of drug-likeness (QED) is 0.517. The molecule has 0 radical (unpaired) electrons. The zero-order chi connectivity index (χ0) is 14.8. The molecular formula is C16H10F2O2S. The molecule has 0 fully saturated rings. The molecule has 0 atom stereocenters. The maximum Gasteiger partial charge on any atom is 0.208 e. The summed E-state index contributed by atoms with van der Waals surface area (Å²) in [7, 11) is 0. The maximum absolute atomic E-state index is 13.5. The molecule has 0 aliphatic carbocycles. The van der Waals surface area contributed by atoms with Crippen LogP contribution in [-0.4, -0.2) is 11.5 Å². The first-order valence-corrected chi connectivity index (χ1v) is 7.22. The molecule has 0 aliphatic rings. The molecule has 3 rings (SSSR count). The smallest absolute Gasteiger partial charge is 0.208 e. The van der Waals surface area contributed by atoms with Crippen LogP contribution in [0.25, 0.3) is 11.0 Å². The highest BCUT2D eigenvalue weighted by atomic mass is 32.2. The van der Waals surface area contributed by atoms with Crippen LogP contribution < -0.4 is 0 Å². The highest BCUT2D eigenvalue weighted by molar-refractivity contribution is 8.00. The minimum absolute atomic E-state index is 0.0301. The molecule has 106 valence electrons. The number of ketones is 1. The molecule has 2 aromatic carbocycles. The topological polar surface area (TPSA) is 30.2 Å². The SMILES string of the molecule is O=C(CSc1ccc(F)cc1F)c1cc2ccccc2o1. The second-order valence-corrected chi connectivity index (χ2v) is 5.45. The lowest BCUT2D eigenvalue weighted by Crippen LogP contribution is -2.00. The van der Waals surface area contributed by atoms with Crippen LogP contribution in [0.4, 0.5) is 8.78 Å². The summed E-state index contributed by atoms with van der Waals surface area (Å²) in [5, 5.41) is 0.846. The van der Waals surface area contributed by atoms with E-state index in [0.29, 0.717) is 5.58 Å². The Morgan fingerprint density at radius 2 is 1.90 bits per heavy atom. The van der Waals surface area contributed by atoms with Crippen molar-refractivity contribution in [3.63, 3.8) is 0 Å². The second kappa shape index (κ2) is 5.69. The van der Waals surface area contributed by atoms with Gasteiger partial charge in [0.1, 0.15) is 17.2 Å². The number of furan rings is 1. The van der Waals surface area contributed by atoms with Gasteiger partial charge < -0.3 is 4.42 Å². The number of benzene rings is 2. The Morgan fingerprint density at radius 1 is 1.10 bits per heavy atom. The Kier molecular flexibility index (Phi) is 3.75. The van der Waals surface area contributed by atoms with Gasteiger partial charge in [0.25, 0.3) is 0 Å². The number of carbonyl (C=O) groups is 1. The number of hydrogen-bond donors (Lipinski definition) is 0.